The molecule has 1 N–H and O–H groups in total. The van der Waals surface area contributed by atoms with Crippen molar-refractivity contribution >= 4 is 0 Å². The molecule has 0 saturated carbocycles. The predicted molar refractivity (Wildman–Crippen MR) is 167 cm³/mol. The minimum absolute atomic E-state index is 0.768. The molecule has 0 spiro atoms. The average molecular weight is 508 g/mol. The average Bonchev–Trinajstić information content (AvgIpc) is 2.89. The molecule has 1 atom stereocenters. The fourth-order valence-electron chi connectivity index (χ4n) is 5.78. The van der Waals surface area contributed by atoms with Gasteiger partial charge < -0.3 is 5.32 Å². The van der Waals surface area contributed by atoms with Crippen LogP contribution in [0.2, 0.25) is 0 Å². The molecule has 0 saturated heterocycles. The van der Waals surface area contributed by atoms with Crippen LogP contribution in [-0.4, -0.2) is 13.1 Å². The molecule has 0 fully saturated rings. The van der Waals surface area contributed by atoms with Gasteiger partial charge in [-0.3, -0.25) is 0 Å². The predicted octanol–water partition coefficient (Wildman–Crippen LogP) is 12.7. The van der Waals surface area contributed by atoms with E-state index in [1.807, 2.05) is 0 Å². The van der Waals surface area contributed by atoms with Gasteiger partial charge in [0.15, 0.2) is 0 Å². The van der Waals surface area contributed by atoms with Gasteiger partial charge in [-0.2, -0.15) is 0 Å². The first kappa shape index (κ1) is 36.0. The molecule has 0 bridgehead atoms. The number of hydrogen-bond donors (Lipinski definition) is 1. The second kappa shape index (κ2) is 33.0. The van der Waals surface area contributed by atoms with Crippen LogP contribution >= 0.6 is 0 Å². The Kier molecular flexibility index (Phi) is 33.0. The Morgan fingerprint density at radius 2 is 0.500 bits per heavy atom. The zero-order valence-electron chi connectivity index (χ0n) is 26.0. The van der Waals surface area contributed by atoms with Crippen molar-refractivity contribution < 1.29 is 0 Å². The Morgan fingerprint density at radius 3 is 0.694 bits per heavy atom. The lowest BCUT2D eigenvalue weighted by molar-refractivity contribution is 0.434. The van der Waals surface area contributed by atoms with E-state index in [4.69, 9.17) is 0 Å². The zero-order chi connectivity index (χ0) is 26.2. The summed E-state index contributed by atoms with van der Waals surface area (Å²) in [6.45, 7) is 4.61. The summed E-state index contributed by atoms with van der Waals surface area (Å²) in [4.78, 5) is 0. The summed E-state index contributed by atoms with van der Waals surface area (Å²) in [6.07, 6.45) is 45.2. The maximum atomic E-state index is 3.60. The van der Waals surface area contributed by atoms with Gasteiger partial charge in [-0.15, -0.1) is 0 Å². The minimum Gasteiger partial charge on any atom is -0.317 e. The smallest absolute Gasteiger partial charge is 0.00640 e. The van der Waals surface area contributed by atoms with E-state index in [1.54, 1.807) is 0 Å². The third-order valence-electron chi connectivity index (χ3n) is 8.47. The largest absolute Gasteiger partial charge is 0.317 e. The van der Waals surface area contributed by atoms with Gasteiger partial charge in [0.1, 0.15) is 0 Å². The van der Waals surface area contributed by atoms with E-state index in [1.165, 1.54) is 199 Å². The molecule has 0 aliphatic carbocycles. The standard InChI is InChI=1S/C35H73N/c1-4-6-8-10-12-14-16-18-19-20-22-24-26-28-30-32-34-35(36-3)33-31-29-27-25-23-21-17-15-13-11-9-7-5-2/h35-36H,4-34H2,1-3H3. The van der Waals surface area contributed by atoms with Crippen LogP contribution in [-0.2, 0) is 0 Å². The molecule has 1 nitrogen and oxygen atoms in total. The molecule has 0 aromatic heterocycles. The van der Waals surface area contributed by atoms with Crippen LogP contribution < -0.4 is 5.32 Å². The molecule has 0 aromatic carbocycles. The first-order valence-electron chi connectivity index (χ1n) is 17.5. The van der Waals surface area contributed by atoms with Crippen molar-refractivity contribution in [1.82, 2.24) is 5.32 Å². The maximum Gasteiger partial charge on any atom is 0.00640 e. The fourth-order valence-corrected chi connectivity index (χ4v) is 5.78. The van der Waals surface area contributed by atoms with Gasteiger partial charge in [0.05, 0.1) is 0 Å². The van der Waals surface area contributed by atoms with E-state index in [-0.39, 0.29) is 0 Å². The number of nitrogens with one attached hydrogen (secondary N) is 1. The zero-order valence-corrected chi connectivity index (χ0v) is 26.0. The van der Waals surface area contributed by atoms with Crippen molar-refractivity contribution in [1.29, 1.82) is 0 Å². The van der Waals surface area contributed by atoms with Crippen LogP contribution in [0.3, 0.4) is 0 Å². The lowest BCUT2D eigenvalue weighted by Gasteiger charge is -2.16. The van der Waals surface area contributed by atoms with E-state index in [0.29, 0.717) is 0 Å². The molecule has 218 valence electrons. The van der Waals surface area contributed by atoms with Crippen LogP contribution in [0.15, 0.2) is 0 Å². The van der Waals surface area contributed by atoms with Crippen molar-refractivity contribution in [3.8, 4) is 0 Å². The molecule has 0 radical (unpaired) electrons. The van der Waals surface area contributed by atoms with Crippen molar-refractivity contribution in [2.24, 2.45) is 0 Å². The Balaban J connectivity index is 3.25. The van der Waals surface area contributed by atoms with Crippen LogP contribution in [0.5, 0.6) is 0 Å². The lowest BCUT2D eigenvalue weighted by Crippen LogP contribution is -2.24. The summed E-state index contributed by atoms with van der Waals surface area (Å²) < 4.78 is 0. The minimum atomic E-state index is 0.768. The Hall–Kier alpha value is -0.0400. The van der Waals surface area contributed by atoms with Crippen molar-refractivity contribution in [3.05, 3.63) is 0 Å². The fraction of sp³-hybridized carbons (Fsp3) is 1.00. The van der Waals surface area contributed by atoms with Crippen molar-refractivity contribution in [2.75, 3.05) is 7.05 Å². The number of hydrogen-bond acceptors (Lipinski definition) is 1. The molecular weight excluding hydrogens is 434 g/mol. The molecule has 0 aromatic rings. The summed E-state index contributed by atoms with van der Waals surface area (Å²) >= 11 is 0. The van der Waals surface area contributed by atoms with E-state index in [2.05, 4.69) is 26.2 Å². The highest BCUT2D eigenvalue weighted by Gasteiger charge is 2.05. The maximum absolute atomic E-state index is 3.60. The number of rotatable bonds is 32. The SMILES string of the molecule is CCCCCCCCCCCCCCCCCCC(CCCCCCCCCCCCCCC)NC. The Labute approximate surface area is 231 Å². The van der Waals surface area contributed by atoms with Crippen LogP contribution in [0.25, 0.3) is 0 Å². The first-order chi connectivity index (χ1) is 17.8. The van der Waals surface area contributed by atoms with Crippen molar-refractivity contribution in [3.63, 3.8) is 0 Å². The van der Waals surface area contributed by atoms with Crippen molar-refractivity contribution in [2.45, 2.75) is 219 Å². The van der Waals surface area contributed by atoms with Crippen LogP contribution in [0.1, 0.15) is 213 Å². The Bertz CT molecular complexity index is 366. The molecule has 0 aliphatic rings. The molecule has 0 amide bonds. The third kappa shape index (κ3) is 30.2. The van der Waals surface area contributed by atoms with Gasteiger partial charge in [-0.25, -0.2) is 0 Å². The van der Waals surface area contributed by atoms with Gasteiger partial charge in [-0.1, -0.05) is 200 Å². The van der Waals surface area contributed by atoms with Gasteiger partial charge in [0.25, 0.3) is 0 Å². The quantitative estimate of drug-likeness (QED) is 0.0892. The summed E-state index contributed by atoms with van der Waals surface area (Å²) in [6, 6.07) is 0.768. The van der Waals surface area contributed by atoms with Crippen LogP contribution in [0, 0.1) is 0 Å². The summed E-state index contributed by atoms with van der Waals surface area (Å²) in [7, 11) is 2.18. The number of unbranched alkanes of at least 4 members (excludes halogenated alkanes) is 27. The van der Waals surface area contributed by atoms with E-state index in [0.717, 1.165) is 6.04 Å². The highest BCUT2D eigenvalue weighted by atomic mass is 14.9. The molecule has 36 heavy (non-hydrogen) atoms. The highest BCUT2D eigenvalue weighted by molar-refractivity contribution is 4.65. The van der Waals surface area contributed by atoms with E-state index >= 15 is 0 Å². The highest BCUT2D eigenvalue weighted by Crippen LogP contribution is 2.17. The molecule has 0 rings (SSSR count). The van der Waals surface area contributed by atoms with Gasteiger partial charge in [0, 0.05) is 6.04 Å². The summed E-state index contributed by atoms with van der Waals surface area (Å²) in [5.41, 5.74) is 0. The topological polar surface area (TPSA) is 12.0 Å². The molecule has 0 heterocycles. The van der Waals surface area contributed by atoms with Crippen LogP contribution in [0.4, 0.5) is 0 Å². The second-order valence-electron chi connectivity index (χ2n) is 12.1. The van der Waals surface area contributed by atoms with E-state index in [9.17, 15) is 0 Å². The van der Waals surface area contributed by atoms with E-state index < -0.39 is 0 Å². The first-order valence-corrected chi connectivity index (χ1v) is 17.5. The monoisotopic (exact) mass is 508 g/mol. The normalized spacial score (nSPS) is 12.4. The van der Waals surface area contributed by atoms with Gasteiger partial charge >= 0.3 is 0 Å². The second-order valence-corrected chi connectivity index (χ2v) is 12.1. The Morgan fingerprint density at radius 1 is 0.306 bits per heavy atom. The summed E-state index contributed by atoms with van der Waals surface area (Å²) in [5, 5.41) is 3.60. The summed E-state index contributed by atoms with van der Waals surface area (Å²) in [5.74, 6) is 0. The van der Waals surface area contributed by atoms with Gasteiger partial charge in [-0.05, 0) is 19.9 Å². The molecule has 0 aliphatic heterocycles. The lowest BCUT2D eigenvalue weighted by atomic mass is 9.99. The molecular formula is C35H73N. The molecule has 1 unspecified atom stereocenters. The van der Waals surface area contributed by atoms with Gasteiger partial charge in [0.2, 0.25) is 0 Å². The third-order valence-corrected chi connectivity index (χ3v) is 8.47. The molecule has 1 heteroatoms.